The SMILES string of the molecule is COC(=O)CCNC(=O)c1cc(N2CCCC2)ccc1N. The number of nitrogens with two attached hydrogens (primary N) is 1. The van der Waals surface area contributed by atoms with Crippen molar-refractivity contribution < 1.29 is 14.3 Å². The van der Waals surface area contributed by atoms with E-state index in [1.807, 2.05) is 12.1 Å². The van der Waals surface area contributed by atoms with E-state index in [4.69, 9.17) is 5.73 Å². The van der Waals surface area contributed by atoms with E-state index in [-0.39, 0.29) is 24.8 Å². The van der Waals surface area contributed by atoms with Crippen LogP contribution in [0.1, 0.15) is 29.6 Å². The van der Waals surface area contributed by atoms with Crippen molar-refractivity contribution in [2.75, 3.05) is 37.4 Å². The largest absolute Gasteiger partial charge is 0.469 e. The number of nitrogens with one attached hydrogen (secondary N) is 1. The second kappa shape index (κ2) is 6.97. The zero-order valence-corrected chi connectivity index (χ0v) is 12.2. The standard InChI is InChI=1S/C15H21N3O3/c1-21-14(19)6-7-17-15(20)12-10-11(4-5-13(12)16)18-8-2-3-9-18/h4-5,10H,2-3,6-9,16H2,1H3,(H,17,20). The number of carbonyl (C=O) groups is 2. The summed E-state index contributed by atoms with van der Waals surface area (Å²) in [5.41, 5.74) is 7.78. The van der Waals surface area contributed by atoms with Crippen LogP contribution in [0, 0.1) is 0 Å². The van der Waals surface area contributed by atoms with Gasteiger partial charge in [-0.1, -0.05) is 0 Å². The van der Waals surface area contributed by atoms with Crippen LogP contribution < -0.4 is 16.0 Å². The fourth-order valence-electron chi connectivity index (χ4n) is 2.39. The van der Waals surface area contributed by atoms with E-state index in [1.54, 1.807) is 6.07 Å². The topological polar surface area (TPSA) is 84.7 Å². The van der Waals surface area contributed by atoms with Crippen LogP contribution in [0.25, 0.3) is 0 Å². The lowest BCUT2D eigenvalue weighted by molar-refractivity contribution is -0.140. The molecule has 2 rings (SSSR count). The zero-order valence-electron chi connectivity index (χ0n) is 12.2. The molecule has 0 atom stereocenters. The number of hydrogen-bond donors (Lipinski definition) is 2. The Hall–Kier alpha value is -2.24. The van der Waals surface area contributed by atoms with Crippen LogP contribution in [0.2, 0.25) is 0 Å². The number of ether oxygens (including phenoxy) is 1. The summed E-state index contributed by atoms with van der Waals surface area (Å²) >= 11 is 0. The summed E-state index contributed by atoms with van der Waals surface area (Å²) in [6.07, 6.45) is 2.49. The molecule has 0 unspecified atom stereocenters. The van der Waals surface area contributed by atoms with Gasteiger partial charge in [0.25, 0.3) is 5.91 Å². The summed E-state index contributed by atoms with van der Waals surface area (Å²) in [5.74, 6) is -0.619. The lowest BCUT2D eigenvalue weighted by Gasteiger charge is -2.19. The molecule has 1 aliphatic rings. The van der Waals surface area contributed by atoms with Crippen LogP contribution in [-0.4, -0.2) is 38.6 Å². The van der Waals surface area contributed by atoms with E-state index in [9.17, 15) is 9.59 Å². The predicted octanol–water partition coefficient (Wildman–Crippen LogP) is 1.16. The highest BCUT2D eigenvalue weighted by atomic mass is 16.5. The molecule has 0 bridgehead atoms. The number of esters is 1. The van der Waals surface area contributed by atoms with Crippen molar-refractivity contribution in [3.8, 4) is 0 Å². The normalized spacial score (nSPS) is 14.0. The third-order valence-corrected chi connectivity index (χ3v) is 3.60. The van der Waals surface area contributed by atoms with Gasteiger partial charge in [0.2, 0.25) is 0 Å². The summed E-state index contributed by atoms with van der Waals surface area (Å²) in [5, 5.41) is 2.68. The Morgan fingerprint density at radius 3 is 2.71 bits per heavy atom. The molecule has 114 valence electrons. The van der Waals surface area contributed by atoms with E-state index in [0.29, 0.717) is 11.3 Å². The minimum absolute atomic E-state index is 0.147. The van der Waals surface area contributed by atoms with Gasteiger partial charge in [-0.3, -0.25) is 9.59 Å². The molecule has 0 aliphatic carbocycles. The average molecular weight is 291 g/mol. The Bertz CT molecular complexity index is 525. The number of nitrogen functional groups attached to an aromatic ring is 1. The van der Waals surface area contributed by atoms with E-state index in [1.165, 1.54) is 20.0 Å². The molecule has 6 nitrogen and oxygen atoms in total. The predicted molar refractivity (Wildman–Crippen MR) is 81.3 cm³/mol. The second-order valence-corrected chi connectivity index (χ2v) is 5.05. The van der Waals surface area contributed by atoms with Crippen LogP contribution >= 0.6 is 0 Å². The molecular formula is C15H21N3O3. The van der Waals surface area contributed by atoms with Crippen molar-refractivity contribution in [1.82, 2.24) is 5.32 Å². The first-order chi connectivity index (χ1) is 10.1. The van der Waals surface area contributed by atoms with E-state index in [2.05, 4.69) is 15.0 Å². The molecule has 1 fully saturated rings. The van der Waals surface area contributed by atoms with Gasteiger partial charge in [-0.05, 0) is 31.0 Å². The second-order valence-electron chi connectivity index (χ2n) is 5.05. The van der Waals surface area contributed by atoms with Crippen molar-refractivity contribution in [1.29, 1.82) is 0 Å². The molecule has 21 heavy (non-hydrogen) atoms. The maximum Gasteiger partial charge on any atom is 0.307 e. The molecule has 0 spiro atoms. The van der Waals surface area contributed by atoms with Gasteiger partial charge in [0.05, 0.1) is 19.1 Å². The monoisotopic (exact) mass is 291 g/mol. The number of benzene rings is 1. The number of carbonyl (C=O) groups excluding carboxylic acids is 2. The first kappa shape index (κ1) is 15.2. The Morgan fingerprint density at radius 1 is 1.33 bits per heavy atom. The third kappa shape index (κ3) is 3.87. The molecule has 0 radical (unpaired) electrons. The van der Waals surface area contributed by atoms with Gasteiger partial charge in [0.1, 0.15) is 0 Å². The van der Waals surface area contributed by atoms with Crippen molar-refractivity contribution >= 4 is 23.3 Å². The molecule has 0 saturated carbocycles. The lowest BCUT2D eigenvalue weighted by Crippen LogP contribution is -2.27. The Balaban J connectivity index is 2.02. The number of methoxy groups -OCH3 is 1. The number of anilines is 2. The van der Waals surface area contributed by atoms with Gasteiger partial charge < -0.3 is 20.7 Å². The van der Waals surface area contributed by atoms with Crippen molar-refractivity contribution in [3.05, 3.63) is 23.8 Å². The lowest BCUT2D eigenvalue weighted by atomic mass is 10.1. The third-order valence-electron chi connectivity index (χ3n) is 3.60. The van der Waals surface area contributed by atoms with Gasteiger partial charge in [-0.25, -0.2) is 0 Å². The summed E-state index contributed by atoms with van der Waals surface area (Å²) < 4.78 is 4.53. The number of amides is 1. The minimum Gasteiger partial charge on any atom is -0.469 e. The molecular weight excluding hydrogens is 270 g/mol. The molecule has 3 N–H and O–H groups in total. The van der Waals surface area contributed by atoms with Crippen molar-refractivity contribution in [2.24, 2.45) is 0 Å². The summed E-state index contributed by atoms with van der Waals surface area (Å²) in [6.45, 7) is 2.25. The van der Waals surface area contributed by atoms with Gasteiger partial charge in [-0.2, -0.15) is 0 Å². The minimum atomic E-state index is -0.353. The van der Waals surface area contributed by atoms with Crippen LogP contribution in [0.4, 0.5) is 11.4 Å². The Kier molecular flexibility index (Phi) is 5.03. The highest BCUT2D eigenvalue weighted by Crippen LogP contribution is 2.24. The summed E-state index contributed by atoms with van der Waals surface area (Å²) in [4.78, 5) is 25.4. The first-order valence-electron chi connectivity index (χ1n) is 7.11. The van der Waals surface area contributed by atoms with Crippen LogP contribution in [0.3, 0.4) is 0 Å². The van der Waals surface area contributed by atoms with Gasteiger partial charge in [0.15, 0.2) is 0 Å². The van der Waals surface area contributed by atoms with E-state index >= 15 is 0 Å². The molecule has 1 heterocycles. The molecule has 1 aromatic carbocycles. The highest BCUT2D eigenvalue weighted by Gasteiger charge is 2.16. The van der Waals surface area contributed by atoms with Gasteiger partial charge >= 0.3 is 5.97 Å². The fourth-order valence-corrected chi connectivity index (χ4v) is 2.39. The number of rotatable bonds is 5. The van der Waals surface area contributed by atoms with Crippen molar-refractivity contribution in [3.63, 3.8) is 0 Å². The number of nitrogens with zero attached hydrogens (tertiary/aromatic N) is 1. The van der Waals surface area contributed by atoms with E-state index in [0.717, 1.165) is 18.8 Å². The molecule has 1 saturated heterocycles. The fraction of sp³-hybridized carbons (Fsp3) is 0.467. The number of hydrogen-bond acceptors (Lipinski definition) is 5. The molecule has 1 amide bonds. The van der Waals surface area contributed by atoms with Gasteiger partial charge in [0, 0.05) is 31.0 Å². The highest BCUT2D eigenvalue weighted by molar-refractivity contribution is 6.00. The Labute approximate surface area is 124 Å². The maximum atomic E-state index is 12.1. The van der Waals surface area contributed by atoms with Crippen LogP contribution in [0.15, 0.2) is 18.2 Å². The summed E-state index contributed by atoms with van der Waals surface area (Å²) in [6, 6.07) is 5.50. The average Bonchev–Trinajstić information content (AvgIpc) is 3.01. The van der Waals surface area contributed by atoms with E-state index < -0.39 is 0 Å². The van der Waals surface area contributed by atoms with Crippen molar-refractivity contribution in [2.45, 2.75) is 19.3 Å². The van der Waals surface area contributed by atoms with Crippen LogP contribution in [0.5, 0.6) is 0 Å². The first-order valence-corrected chi connectivity index (χ1v) is 7.11. The van der Waals surface area contributed by atoms with Gasteiger partial charge in [-0.15, -0.1) is 0 Å². The Morgan fingerprint density at radius 2 is 2.05 bits per heavy atom. The molecule has 1 aromatic rings. The molecule has 1 aliphatic heterocycles. The molecule has 0 aromatic heterocycles. The molecule has 6 heteroatoms. The maximum absolute atomic E-state index is 12.1. The summed E-state index contributed by atoms with van der Waals surface area (Å²) in [7, 11) is 1.32. The zero-order chi connectivity index (χ0) is 15.2. The quantitative estimate of drug-likeness (QED) is 0.628. The smallest absolute Gasteiger partial charge is 0.307 e. The van der Waals surface area contributed by atoms with Crippen LogP contribution in [-0.2, 0) is 9.53 Å².